The average Bonchev–Trinajstić information content (AvgIpc) is 2.78. The molecule has 0 spiro atoms. The molecular formula is C11H22N2O3. The number of aliphatic hydroxyl groups excluding tert-OH is 2. The molecule has 0 radical (unpaired) electrons. The molecule has 0 aromatic carbocycles. The summed E-state index contributed by atoms with van der Waals surface area (Å²) in [6.07, 6.45) is 4.77. The van der Waals surface area contributed by atoms with Gasteiger partial charge in [-0.25, -0.2) is 0 Å². The second-order valence-electron chi connectivity index (χ2n) is 4.19. The largest absolute Gasteiger partial charge is 0.395 e. The molecule has 1 fully saturated rings. The van der Waals surface area contributed by atoms with Crippen molar-refractivity contribution in [1.82, 2.24) is 10.2 Å². The molecule has 0 aliphatic heterocycles. The molecule has 0 unspecified atom stereocenters. The van der Waals surface area contributed by atoms with Crippen LogP contribution in [0.1, 0.15) is 25.7 Å². The van der Waals surface area contributed by atoms with Crippen LogP contribution in [0, 0.1) is 0 Å². The monoisotopic (exact) mass is 230 g/mol. The van der Waals surface area contributed by atoms with Gasteiger partial charge in [-0.3, -0.25) is 4.79 Å². The van der Waals surface area contributed by atoms with E-state index in [-0.39, 0.29) is 19.1 Å². The number of carbonyl (C=O) groups excluding carboxylic acids is 1. The maximum absolute atomic E-state index is 11.7. The van der Waals surface area contributed by atoms with Gasteiger partial charge in [0.05, 0.1) is 19.8 Å². The summed E-state index contributed by atoms with van der Waals surface area (Å²) in [7, 11) is 0. The Balaban J connectivity index is 2.24. The number of amides is 1. The molecule has 0 atom stereocenters. The fourth-order valence-corrected chi connectivity index (χ4v) is 2.08. The van der Waals surface area contributed by atoms with Crippen LogP contribution < -0.4 is 5.32 Å². The van der Waals surface area contributed by atoms with Gasteiger partial charge in [0.1, 0.15) is 0 Å². The Hall–Kier alpha value is -0.650. The molecule has 5 heteroatoms. The van der Waals surface area contributed by atoms with Crippen LogP contribution in [0.3, 0.4) is 0 Å². The van der Waals surface area contributed by atoms with Crippen LogP contribution in [0.5, 0.6) is 0 Å². The molecule has 1 saturated carbocycles. The van der Waals surface area contributed by atoms with Crippen LogP contribution in [-0.4, -0.2) is 59.9 Å². The minimum Gasteiger partial charge on any atom is -0.395 e. The van der Waals surface area contributed by atoms with Crippen LogP contribution in [0.15, 0.2) is 0 Å². The van der Waals surface area contributed by atoms with Crippen LogP contribution in [-0.2, 0) is 4.79 Å². The van der Waals surface area contributed by atoms with E-state index < -0.39 is 0 Å². The SMILES string of the molecule is O=C(CNC1CCCC1)N(CCO)CCO. The first kappa shape index (κ1) is 13.4. The van der Waals surface area contributed by atoms with E-state index in [2.05, 4.69) is 5.32 Å². The zero-order valence-corrected chi connectivity index (χ0v) is 9.69. The molecule has 0 saturated heterocycles. The highest BCUT2D eigenvalue weighted by atomic mass is 16.3. The molecule has 94 valence electrons. The molecule has 16 heavy (non-hydrogen) atoms. The summed E-state index contributed by atoms with van der Waals surface area (Å²) in [6.45, 7) is 0.784. The molecule has 3 N–H and O–H groups in total. The standard InChI is InChI=1S/C11H22N2O3/c14-7-5-13(6-8-15)11(16)9-12-10-3-1-2-4-10/h10,12,14-15H,1-9H2. The summed E-state index contributed by atoms with van der Waals surface area (Å²) in [5.41, 5.74) is 0. The molecule has 1 rings (SSSR count). The molecule has 0 aromatic heterocycles. The van der Waals surface area contributed by atoms with E-state index in [4.69, 9.17) is 10.2 Å². The van der Waals surface area contributed by atoms with Crippen molar-refractivity contribution in [3.8, 4) is 0 Å². The van der Waals surface area contributed by atoms with Crippen molar-refractivity contribution < 1.29 is 15.0 Å². The number of nitrogens with zero attached hydrogens (tertiary/aromatic N) is 1. The van der Waals surface area contributed by atoms with E-state index in [1.165, 1.54) is 17.7 Å². The average molecular weight is 230 g/mol. The predicted octanol–water partition coefficient (Wildman–Crippen LogP) is -0.668. The first-order valence-corrected chi connectivity index (χ1v) is 6.00. The minimum atomic E-state index is -0.0603. The Kier molecular flexibility index (Phi) is 6.37. The van der Waals surface area contributed by atoms with Gasteiger partial charge in [0.15, 0.2) is 0 Å². The van der Waals surface area contributed by atoms with Gasteiger partial charge in [-0.15, -0.1) is 0 Å². The summed E-state index contributed by atoms with van der Waals surface area (Å²) in [4.78, 5) is 13.2. The van der Waals surface area contributed by atoms with Gasteiger partial charge in [0.25, 0.3) is 0 Å². The fourth-order valence-electron chi connectivity index (χ4n) is 2.08. The van der Waals surface area contributed by atoms with Gasteiger partial charge in [-0.2, -0.15) is 0 Å². The number of aliphatic hydroxyl groups is 2. The number of hydrogen-bond acceptors (Lipinski definition) is 4. The van der Waals surface area contributed by atoms with Crippen molar-refractivity contribution >= 4 is 5.91 Å². The van der Waals surface area contributed by atoms with Gasteiger partial charge in [0, 0.05) is 19.1 Å². The van der Waals surface area contributed by atoms with Gasteiger partial charge in [-0.05, 0) is 12.8 Å². The van der Waals surface area contributed by atoms with Crippen molar-refractivity contribution in [1.29, 1.82) is 0 Å². The molecular weight excluding hydrogens is 208 g/mol. The second-order valence-corrected chi connectivity index (χ2v) is 4.19. The van der Waals surface area contributed by atoms with Crippen molar-refractivity contribution in [2.45, 2.75) is 31.7 Å². The Morgan fingerprint density at radius 2 is 1.75 bits per heavy atom. The topological polar surface area (TPSA) is 72.8 Å². The summed E-state index contributed by atoms with van der Waals surface area (Å²) in [5.74, 6) is -0.0463. The highest BCUT2D eigenvalue weighted by molar-refractivity contribution is 5.78. The van der Waals surface area contributed by atoms with E-state index in [0.717, 1.165) is 12.8 Å². The lowest BCUT2D eigenvalue weighted by Crippen LogP contribution is -2.43. The lowest BCUT2D eigenvalue weighted by molar-refractivity contribution is -0.131. The predicted molar refractivity (Wildman–Crippen MR) is 61.0 cm³/mol. The van der Waals surface area contributed by atoms with Gasteiger partial charge < -0.3 is 20.4 Å². The second kappa shape index (κ2) is 7.60. The van der Waals surface area contributed by atoms with Gasteiger partial charge in [0.2, 0.25) is 5.91 Å². The minimum absolute atomic E-state index is 0.0463. The Bertz CT molecular complexity index is 199. The van der Waals surface area contributed by atoms with Crippen molar-refractivity contribution in [3.63, 3.8) is 0 Å². The summed E-state index contributed by atoms with van der Waals surface area (Å²) < 4.78 is 0. The number of carbonyl (C=O) groups is 1. The van der Waals surface area contributed by atoms with Crippen LogP contribution in [0.2, 0.25) is 0 Å². The molecule has 1 aliphatic rings. The highest BCUT2D eigenvalue weighted by Crippen LogP contribution is 2.17. The first-order valence-electron chi connectivity index (χ1n) is 6.00. The maximum Gasteiger partial charge on any atom is 0.236 e. The van der Waals surface area contributed by atoms with E-state index in [9.17, 15) is 4.79 Å². The smallest absolute Gasteiger partial charge is 0.236 e. The van der Waals surface area contributed by atoms with Crippen LogP contribution in [0.25, 0.3) is 0 Å². The first-order chi connectivity index (χ1) is 7.77. The zero-order valence-electron chi connectivity index (χ0n) is 9.69. The molecule has 0 bridgehead atoms. The highest BCUT2D eigenvalue weighted by Gasteiger charge is 2.17. The van der Waals surface area contributed by atoms with E-state index in [0.29, 0.717) is 25.7 Å². The molecule has 5 nitrogen and oxygen atoms in total. The van der Waals surface area contributed by atoms with E-state index in [1.807, 2.05) is 0 Å². The number of nitrogens with one attached hydrogen (secondary N) is 1. The number of hydrogen-bond donors (Lipinski definition) is 3. The normalized spacial score (nSPS) is 16.6. The van der Waals surface area contributed by atoms with Crippen LogP contribution >= 0.6 is 0 Å². The molecule has 0 aromatic rings. The third-order valence-corrected chi connectivity index (χ3v) is 2.99. The summed E-state index contributed by atoms with van der Waals surface area (Å²) in [6, 6.07) is 0.467. The summed E-state index contributed by atoms with van der Waals surface area (Å²) >= 11 is 0. The Morgan fingerprint density at radius 1 is 1.19 bits per heavy atom. The molecule has 1 amide bonds. The maximum atomic E-state index is 11.7. The van der Waals surface area contributed by atoms with Gasteiger partial charge in [-0.1, -0.05) is 12.8 Å². The molecule has 1 aliphatic carbocycles. The quantitative estimate of drug-likeness (QED) is 0.542. The lowest BCUT2D eigenvalue weighted by atomic mass is 10.2. The Labute approximate surface area is 96.4 Å². The fraction of sp³-hybridized carbons (Fsp3) is 0.909. The summed E-state index contributed by atoms with van der Waals surface area (Å²) in [5, 5.41) is 20.8. The van der Waals surface area contributed by atoms with Crippen molar-refractivity contribution in [2.75, 3.05) is 32.8 Å². The van der Waals surface area contributed by atoms with E-state index >= 15 is 0 Å². The van der Waals surface area contributed by atoms with Crippen molar-refractivity contribution in [3.05, 3.63) is 0 Å². The third-order valence-electron chi connectivity index (χ3n) is 2.99. The molecule has 0 heterocycles. The zero-order chi connectivity index (χ0) is 11.8. The van der Waals surface area contributed by atoms with Gasteiger partial charge >= 0.3 is 0 Å². The lowest BCUT2D eigenvalue weighted by Gasteiger charge is -2.22. The Morgan fingerprint density at radius 3 is 2.25 bits per heavy atom. The van der Waals surface area contributed by atoms with Crippen LogP contribution in [0.4, 0.5) is 0 Å². The van der Waals surface area contributed by atoms with E-state index in [1.54, 1.807) is 0 Å². The number of rotatable bonds is 7. The van der Waals surface area contributed by atoms with Crippen molar-refractivity contribution in [2.24, 2.45) is 0 Å². The third kappa shape index (κ3) is 4.47.